The zero-order valence-corrected chi connectivity index (χ0v) is 24.7. The van der Waals surface area contributed by atoms with Crippen LogP contribution in [0.15, 0.2) is 109 Å². The van der Waals surface area contributed by atoms with Crippen LogP contribution in [0.4, 0.5) is 0 Å². The van der Waals surface area contributed by atoms with Gasteiger partial charge in [-0.1, -0.05) is 95.3 Å². The third-order valence-corrected chi connectivity index (χ3v) is 11.8. The molecule has 0 heterocycles. The minimum atomic E-state index is -0.556. The third kappa shape index (κ3) is 7.98. The van der Waals surface area contributed by atoms with Crippen molar-refractivity contribution in [2.75, 3.05) is 7.05 Å². The molecule has 0 radical (unpaired) electrons. The van der Waals surface area contributed by atoms with Crippen molar-refractivity contribution in [3.8, 4) is 0 Å². The van der Waals surface area contributed by atoms with Gasteiger partial charge < -0.3 is 30.3 Å². The van der Waals surface area contributed by atoms with Crippen LogP contribution in [-0.4, -0.2) is 23.0 Å². The van der Waals surface area contributed by atoms with Gasteiger partial charge in [-0.3, -0.25) is 4.67 Å². The maximum Gasteiger partial charge on any atom is 0 e. The summed E-state index contributed by atoms with van der Waals surface area (Å²) in [5.74, 6) is 0. The summed E-state index contributed by atoms with van der Waals surface area (Å²) in [5, 5.41) is 4.34. The topological polar surface area (TPSA) is 3.24 Å². The van der Waals surface area contributed by atoms with Crippen molar-refractivity contribution < 1.29 is 17.1 Å². The first-order valence-corrected chi connectivity index (χ1v) is 15.0. The van der Waals surface area contributed by atoms with Crippen molar-refractivity contribution in [3.05, 3.63) is 115 Å². The van der Waals surface area contributed by atoms with Crippen LogP contribution in [0.25, 0.3) is 0 Å². The smallest absolute Gasteiger partial charge is 0 e. The van der Waals surface area contributed by atoms with Crippen LogP contribution in [0.2, 0.25) is 0 Å². The largest absolute Gasteiger partial charge is 0.748 e. The zero-order chi connectivity index (χ0) is 24.5. The second kappa shape index (κ2) is 14.9. The fraction of sp³-hybridized carbons (Fsp3) is 0.290. The Kier molecular flexibility index (Phi) is 12.6. The Balaban J connectivity index is 0.000000640. The molecule has 1 atom stereocenters. The van der Waals surface area contributed by atoms with E-state index in [1.165, 1.54) is 21.5 Å². The molecule has 0 saturated heterocycles. The molecule has 4 aromatic carbocycles. The minimum absolute atomic E-state index is 0. The Hall–Kier alpha value is -1.52. The van der Waals surface area contributed by atoms with Crippen LogP contribution >= 0.6 is 16.0 Å². The Labute approximate surface area is 226 Å². The normalized spacial score (nSPS) is 12.1. The summed E-state index contributed by atoms with van der Waals surface area (Å²) in [6.07, 6.45) is 0. The van der Waals surface area contributed by atoms with E-state index in [1.54, 1.807) is 0 Å². The third-order valence-electron chi connectivity index (χ3n) is 6.08. The summed E-state index contributed by atoms with van der Waals surface area (Å²) < 4.78 is 2.66. The molecule has 0 spiro atoms. The van der Waals surface area contributed by atoms with Crippen LogP contribution in [-0.2, 0) is 17.1 Å². The van der Waals surface area contributed by atoms with Crippen molar-refractivity contribution in [1.82, 2.24) is 4.67 Å². The van der Waals surface area contributed by atoms with Gasteiger partial charge in [-0.05, 0) is 51.0 Å². The van der Waals surface area contributed by atoms with Gasteiger partial charge >= 0.3 is 0 Å². The van der Waals surface area contributed by atoms with Crippen molar-refractivity contribution in [2.45, 2.75) is 52.0 Å². The predicted molar refractivity (Wildman–Crippen MR) is 156 cm³/mol. The maximum atomic E-state index is 2.66. The van der Waals surface area contributed by atoms with Crippen molar-refractivity contribution in [3.63, 3.8) is 0 Å². The maximum absolute atomic E-state index is 2.66. The van der Waals surface area contributed by atoms with Gasteiger partial charge in [-0.15, -0.1) is 10.9 Å². The first-order chi connectivity index (χ1) is 16.4. The molecule has 0 aromatic heterocycles. The van der Waals surface area contributed by atoms with Crippen molar-refractivity contribution in [1.29, 1.82) is 0 Å². The molecular weight excluding hydrogens is 504 g/mol. The molecule has 4 rings (SSSR count). The molecule has 35 heavy (non-hydrogen) atoms. The number of hydrogen-bond acceptors (Lipinski definition) is 1. The van der Waals surface area contributed by atoms with E-state index in [1.807, 2.05) is 30.3 Å². The van der Waals surface area contributed by atoms with Crippen LogP contribution in [0.1, 0.15) is 46.2 Å². The molecule has 192 valence electrons. The van der Waals surface area contributed by atoms with E-state index in [0.717, 1.165) is 0 Å². The summed E-state index contributed by atoms with van der Waals surface area (Å²) in [6.45, 7) is 11.9. The second-order valence-electron chi connectivity index (χ2n) is 9.15. The van der Waals surface area contributed by atoms with Crippen molar-refractivity contribution >= 4 is 31.9 Å². The Morgan fingerprint density at radius 3 is 1.49 bits per heavy atom. The number of hydrogen-bond donors (Lipinski definition) is 0. The van der Waals surface area contributed by atoms with Crippen LogP contribution in [0.5, 0.6) is 0 Å². The molecule has 0 bridgehead atoms. The Morgan fingerprint density at radius 2 is 1.09 bits per heavy atom. The average molecular weight is 543 g/mol. The molecule has 4 heteroatoms. The van der Waals surface area contributed by atoms with Gasteiger partial charge in [-0.2, -0.15) is 6.07 Å². The average Bonchev–Trinajstić information content (AvgIpc) is 3.55. The van der Waals surface area contributed by atoms with E-state index in [-0.39, 0.29) is 25.1 Å². The van der Waals surface area contributed by atoms with E-state index in [2.05, 4.69) is 125 Å². The van der Waals surface area contributed by atoms with Gasteiger partial charge in [-0.25, -0.2) is 12.1 Å². The predicted octanol–water partition coefficient (Wildman–Crippen LogP) is 7.77. The zero-order valence-electron chi connectivity index (χ0n) is 21.8. The molecule has 0 aliphatic carbocycles. The minimum Gasteiger partial charge on any atom is -0.748 e. The molecular formula is C31H39FeNP2-6. The van der Waals surface area contributed by atoms with Gasteiger partial charge in [0.05, 0.1) is 0 Å². The van der Waals surface area contributed by atoms with Gasteiger partial charge in [0.15, 0.2) is 0 Å². The first kappa shape index (κ1) is 29.7. The molecule has 0 fully saturated rings. The molecule has 0 unspecified atom stereocenters. The van der Waals surface area contributed by atoms with E-state index in [0.29, 0.717) is 17.4 Å². The van der Waals surface area contributed by atoms with Gasteiger partial charge in [0.2, 0.25) is 0 Å². The van der Waals surface area contributed by atoms with E-state index >= 15 is 0 Å². The summed E-state index contributed by atoms with van der Waals surface area (Å²) in [6, 6.07) is 39.4. The monoisotopic (exact) mass is 543 g/mol. The second-order valence-corrected chi connectivity index (χ2v) is 14.8. The van der Waals surface area contributed by atoms with Crippen molar-refractivity contribution in [2.24, 2.45) is 0 Å². The quantitative estimate of drug-likeness (QED) is 0.125. The summed E-state index contributed by atoms with van der Waals surface area (Å²) in [7, 11) is 1.59. The molecule has 0 aliphatic rings. The first-order valence-electron chi connectivity index (χ1n) is 12.3. The summed E-state index contributed by atoms with van der Waals surface area (Å²) >= 11 is 0. The standard InChI is InChI=1S/C26H34NP2.C5H5.Fe/c1-20(2)29(21(3)4)27(6)22(5)25-18-13-19-26(25)28(23-14-9-7-10-15-23)24-16-11-8-12-17-24;1-2-4-5-3-1;/h7-22H,1-6H3;1-5H;/q-1;-5;/t22-;;/m1../s1. The van der Waals surface area contributed by atoms with Gasteiger partial charge in [0.1, 0.15) is 0 Å². The fourth-order valence-corrected chi connectivity index (χ4v) is 10.3. The number of benzene rings is 2. The van der Waals surface area contributed by atoms with Crippen LogP contribution in [0.3, 0.4) is 0 Å². The molecule has 4 aromatic rings. The van der Waals surface area contributed by atoms with Crippen LogP contribution < -0.4 is 15.9 Å². The Bertz CT molecular complexity index is 993. The summed E-state index contributed by atoms with van der Waals surface area (Å²) in [5.41, 5.74) is 2.88. The fourth-order valence-electron chi connectivity index (χ4n) is 4.61. The number of rotatable bonds is 8. The summed E-state index contributed by atoms with van der Waals surface area (Å²) in [4.78, 5) is 0. The molecule has 0 N–H and O–H groups in total. The Morgan fingerprint density at radius 1 is 0.657 bits per heavy atom. The molecule has 1 nitrogen and oxygen atoms in total. The number of nitrogens with zero attached hydrogens (tertiary/aromatic N) is 1. The SMILES string of the molecule is CC(C)P(C(C)C)N(C)[C@H](C)[c-]1cccc1P(c1ccccc1)c1ccccc1.[Fe].[cH-]1[cH-][cH-][cH-][cH-]1. The van der Waals surface area contributed by atoms with Gasteiger partial charge in [0, 0.05) is 17.1 Å². The molecule has 0 saturated carbocycles. The van der Waals surface area contributed by atoms with E-state index in [4.69, 9.17) is 0 Å². The van der Waals surface area contributed by atoms with Crippen LogP contribution in [0, 0.1) is 0 Å². The van der Waals surface area contributed by atoms with Gasteiger partial charge in [0.25, 0.3) is 0 Å². The molecule has 0 amide bonds. The van der Waals surface area contributed by atoms with E-state index < -0.39 is 7.92 Å². The van der Waals surface area contributed by atoms with E-state index in [9.17, 15) is 0 Å². The molecule has 0 aliphatic heterocycles.